The molecule has 0 aromatic rings. The van der Waals surface area contributed by atoms with Gasteiger partial charge in [-0.1, -0.05) is 47.2 Å². The molecule has 0 spiro atoms. The van der Waals surface area contributed by atoms with Crippen molar-refractivity contribution in [1.82, 2.24) is 0 Å². The molecule has 0 aromatic carbocycles. The van der Waals surface area contributed by atoms with Crippen molar-refractivity contribution in [3.05, 3.63) is 0 Å². The van der Waals surface area contributed by atoms with Crippen LogP contribution in [0.15, 0.2) is 0 Å². The fraction of sp³-hybridized carbons (Fsp3) is 0. The van der Waals surface area contributed by atoms with Crippen LogP contribution in [0.2, 0.25) is 0 Å². The van der Waals surface area contributed by atoms with Gasteiger partial charge in [0.05, 0.1) is 0 Å². The molecule has 0 amide bonds. The van der Waals surface area contributed by atoms with Crippen LogP contribution >= 0.6 is 80.6 Å². The molecule has 4 rings (SSSR count). The van der Waals surface area contributed by atoms with Gasteiger partial charge in [-0.15, -0.1) is 0 Å². The fourth-order valence-electron chi connectivity index (χ4n) is 0.914. The van der Waals surface area contributed by atoms with E-state index in [-0.39, 0.29) is 72.6 Å². The maximum atomic E-state index is 5.75. The first-order chi connectivity index (χ1) is 6.24. The molecule has 4 heterocycles. The maximum absolute atomic E-state index is 5.75. The van der Waals surface area contributed by atoms with Crippen LogP contribution in [0.1, 0.15) is 0 Å². The van der Waals surface area contributed by atoms with Crippen LogP contribution in [0.25, 0.3) is 0 Å². The van der Waals surface area contributed by atoms with E-state index in [0.29, 0.717) is 0 Å². The molecule has 0 nitrogen and oxygen atoms in total. The molecule has 88 valence electrons. The van der Waals surface area contributed by atoms with Crippen molar-refractivity contribution in [1.29, 1.82) is 0 Å². The van der Waals surface area contributed by atoms with Crippen molar-refractivity contribution in [2.45, 2.75) is 0 Å². The Labute approximate surface area is 196 Å². The Morgan fingerprint density at radius 2 is 0.588 bits per heavy atom. The standard InChI is InChI=1S/2Na.P4S10.S/c;;5-1-9-2(6)12-3(7,10-1)14-4(8,11-1)13-2;/q2*+1;;-2. The van der Waals surface area contributed by atoms with Crippen molar-refractivity contribution in [3.8, 4) is 0 Å². The molecule has 0 unspecified atom stereocenters. The molecule has 17 heteroatoms. The minimum atomic E-state index is -1.41. The average Bonchev–Trinajstić information content (AvgIpc) is 1.67. The third-order valence-electron chi connectivity index (χ3n) is 1.20. The zero-order valence-electron chi connectivity index (χ0n) is 8.28. The van der Waals surface area contributed by atoms with Crippen molar-refractivity contribution in [2.24, 2.45) is 0 Å². The van der Waals surface area contributed by atoms with Crippen molar-refractivity contribution in [2.75, 3.05) is 0 Å². The van der Waals surface area contributed by atoms with Gasteiger partial charge in [0.15, 0.2) is 0 Å². The Hall–Kier alpha value is 7.05. The summed E-state index contributed by atoms with van der Waals surface area (Å²) in [6.07, 6.45) is 0. The summed E-state index contributed by atoms with van der Waals surface area (Å²) in [5, 5.41) is 0. The maximum Gasteiger partial charge on any atom is 1.00 e. The molecule has 4 aliphatic heterocycles. The Balaban J connectivity index is 0.000000853. The van der Waals surface area contributed by atoms with Crippen LogP contribution in [0.5, 0.6) is 0 Å². The van der Waals surface area contributed by atoms with Crippen LogP contribution in [-0.2, 0) is 60.7 Å². The summed E-state index contributed by atoms with van der Waals surface area (Å²) in [7, 11) is 0. The van der Waals surface area contributed by atoms with Crippen LogP contribution < -0.4 is 59.1 Å². The summed E-state index contributed by atoms with van der Waals surface area (Å²) in [6.45, 7) is 0. The molecular formula is Na2P4S11. The van der Waals surface area contributed by atoms with Crippen LogP contribution in [-0.4, -0.2) is 0 Å². The predicted molar refractivity (Wildman–Crippen MR) is 110 cm³/mol. The first kappa shape index (κ1) is 24.1. The van der Waals surface area contributed by atoms with E-state index >= 15 is 0 Å². The van der Waals surface area contributed by atoms with Gasteiger partial charge in [-0.05, 0) is 66.0 Å². The molecule has 0 aromatic heterocycles. The molecule has 4 bridgehead atoms. The van der Waals surface area contributed by atoms with Gasteiger partial charge in [0.1, 0.15) is 14.6 Å². The van der Waals surface area contributed by atoms with E-state index in [1.807, 2.05) is 66.0 Å². The van der Waals surface area contributed by atoms with E-state index in [9.17, 15) is 0 Å². The number of hydrogen-bond donors (Lipinski definition) is 0. The first-order valence-corrected chi connectivity index (χ1v) is 26.3. The van der Waals surface area contributed by atoms with Gasteiger partial charge in [-0.25, -0.2) is 0 Å². The normalized spacial score (nSPS) is 54.1. The predicted octanol–water partition coefficient (Wildman–Crippen LogP) is 1.33. The van der Waals surface area contributed by atoms with E-state index in [0.717, 1.165) is 0 Å². The van der Waals surface area contributed by atoms with Crippen LogP contribution in [0.4, 0.5) is 0 Å². The van der Waals surface area contributed by atoms with Gasteiger partial charge >= 0.3 is 59.1 Å². The second-order valence-corrected chi connectivity index (χ2v) is 61.5. The quantitative estimate of drug-likeness (QED) is 0.336. The summed E-state index contributed by atoms with van der Waals surface area (Å²) in [6, 6.07) is 0. The van der Waals surface area contributed by atoms with Crippen molar-refractivity contribution < 1.29 is 59.1 Å². The number of hydrogen-bond acceptors (Lipinski definition) is 10. The van der Waals surface area contributed by atoms with E-state index < -0.39 is 14.6 Å². The largest absolute Gasteiger partial charge is 2.00 e. The van der Waals surface area contributed by atoms with Crippen LogP contribution in [0.3, 0.4) is 0 Å². The third-order valence-corrected chi connectivity index (χ3v) is 97.2. The second kappa shape index (κ2) is 8.16. The molecular weight excluding hydrogens is 523 g/mol. The monoisotopic (exact) mass is 522 g/mol. The Kier molecular flexibility index (Phi) is 11.5. The molecule has 17 heavy (non-hydrogen) atoms. The minimum absolute atomic E-state index is 0. The topological polar surface area (TPSA) is 0 Å². The molecule has 4 aliphatic rings. The van der Waals surface area contributed by atoms with Crippen LogP contribution in [0, 0.1) is 0 Å². The molecule has 4 fully saturated rings. The molecule has 0 atom stereocenters. The smallest absolute Gasteiger partial charge is 1.00 e. The van der Waals surface area contributed by atoms with E-state index in [4.69, 9.17) is 47.2 Å². The van der Waals surface area contributed by atoms with E-state index in [2.05, 4.69) is 0 Å². The zero-order chi connectivity index (χ0) is 10.2. The number of rotatable bonds is 0. The van der Waals surface area contributed by atoms with Gasteiger partial charge in [-0.3, -0.25) is 0 Å². The third kappa shape index (κ3) is 5.51. The van der Waals surface area contributed by atoms with Gasteiger partial charge in [0, 0.05) is 0 Å². The average molecular weight is 523 g/mol. The summed E-state index contributed by atoms with van der Waals surface area (Å²) < 4.78 is -5.64. The van der Waals surface area contributed by atoms with Gasteiger partial charge in [0.25, 0.3) is 0 Å². The molecule has 0 aliphatic carbocycles. The Morgan fingerprint density at radius 3 is 0.706 bits per heavy atom. The minimum Gasteiger partial charge on any atom is -2.00 e. The van der Waals surface area contributed by atoms with Gasteiger partial charge in [-0.2, -0.15) is 0 Å². The summed E-state index contributed by atoms with van der Waals surface area (Å²) >= 11 is 34.5. The summed E-state index contributed by atoms with van der Waals surface area (Å²) in [5.74, 6) is 0. The Morgan fingerprint density at radius 1 is 0.471 bits per heavy atom. The summed E-state index contributed by atoms with van der Waals surface area (Å²) in [5.41, 5.74) is 0. The molecule has 4 saturated heterocycles. The fourth-order valence-corrected chi connectivity index (χ4v) is 222. The second-order valence-electron chi connectivity index (χ2n) is 2.28. The SMILES string of the molecule is S=P12SP3(=S)SP(=S)(S1)SP(=S)(S2)S3.[Na+].[Na+].[S-2]. The summed E-state index contributed by atoms with van der Waals surface area (Å²) in [4.78, 5) is 0. The molecule has 0 radical (unpaired) electrons. The van der Waals surface area contributed by atoms with E-state index in [1.165, 1.54) is 0 Å². The molecule has 0 saturated carbocycles. The van der Waals surface area contributed by atoms with Crippen molar-refractivity contribution >= 4 is 141 Å². The van der Waals surface area contributed by atoms with Gasteiger partial charge < -0.3 is 13.5 Å². The molecule has 0 N–H and O–H groups in total. The van der Waals surface area contributed by atoms with Gasteiger partial charge in [0.2, 0.25) is 0 Å². The van der Waals surface area contributed by atoms with Crippen molar-refractivity contribution in [3.63, 3.8) is 0 Å². The Bertz CT molecular complexity index is 353. The first-order valence-electron chi connectivity index (χ1n) is 2.92. The van der Waals surface area contributed by atoms with E-state index in [1.54, 1.807) is 0 Å². The zero-order valence-corrected chi connectivity index (χ0v) is 24.8.